The zero-order valence-corrected chi connectivity index (χ0v) is 14.1. The van der Waals surface area contributed by atoms with Crippen molar-refractivity contribution in [3.05, 3.63) is 18.0 Å². The van der Waals surface area contributed by atoms with E-state index in [9.17, 15) is 0 Å². The van der Waals surface area contributed by atoms with Crippen molar-refractivity contribution in [1.82, 2.24) is 9.55 Å². The van der Waals surface area contributed by atoms with Gasteiger partial charge in [-0.05, 0) is 12.8 Å². The van der Waals surface area contributed by atoms with Crippen LogP contribution in [0.3, 0.4) is 0 Å². The number of unbranched alkanes of at least 4 members (excludes halogenated alkanes) is 2. The SMILES string of the molecule is CCCCCn1c(C(N)CC)nc2cc(OC)c(OC)cc21. The molecule has 0 spiro atoms. The summed E-state index contributed by atoms with van der Waals surface area (Å²) in [5, 5.41) is 0. The van der Waals surface area contributed by atoms with E-state index >= 15 is 0 Å². The first kappa shape index (κ1) is 16.6. The second-order valence-electron chi connectivity index (χ2n) is 5.54. The van der Waals surface area contributed by atoms with Gasteiger partial charge in [-0.15, -0.1) is 0 Å². The van der Waals surface area contributed by atoms with E-state index < -0.39 is 0 Å². The van der Waals surface area contributed by atoms with Crippen molar-refractivity contribution in [2.24, 2.45) is 5.73 Å². The van der Waals surface area contributed by atoms with Gasteiger partial charge in [-0.1, -0.05) is 26.7 Å². The Kier molecular flexibility index (Phi) is 5.66. The Labute approximate surface area is 132 Å². The molecule has 2 N–H and O–H groups in total. The van der Waals surface area contributed by atoms with Gasteiger partial charge >= 0.3 is 0 Å². The normalized spacial score (nSPS) is 12.6. The maximum Gasteiger partial charge on any atom is 0.163 e. The molecule has 0 saturated heterocycles. The number of nitrogens with two attached hydrogens (primary N) is 1. The number of ether oxygens (including phenoxy) is 2. The van der Waals surface area contributed by atoms with Crippen molar-refractivity contribution in [3.8, 4) is 11.5 Å². The summed E-state index contributed by atoms with van der Waals surface area (Å²) in [4.78, 5) is 4.75. The molecular weight excluding hydrogens is 278 g/mol. The van der Waals surface area contributed by atoms with Gasteiger partial charge in [0, 0.05) is 18.7 Å². The second-order valence-corrected chi connectivity index (χ2v) is 5.54. The van der Waals surface area contributed by atoms with Crippen molar-refractivity contribution in [3.63, 3.8) is 0 Å². The van der Waals surface area contributed by atoms with Gasteiger partial charge in [0.1, 0.15) is 5.82 Å². The molecule has 1 atom stereocenters. The number of benzene rings is 1. The van der Waals surface area contributed by atoms with Gasteiger partial charge in [-0.25, -0.2) is 4.98 Å². The van der Waals surface area contributed by atoms with Gasteiger partial charge in [-0.2, -0.15) is 0 Å². The van der Waals surface area contributed by atoms with E-state index in [0.717, 1.165) is 42.0 Å². The predicted octanol–water partition coefficient (Wildman–Crippen LogP) is 3.65. The van der Waals surface area contributed by atoms with E-state index in [0.29, 0.717) is 5.75 Å². The maximum absolute atomic E-state index is 6.26. The quantitative estimate of drug-likeness (QED) is 0.756. The van der Waals surface area contributed by atoms with Crippen LogP contribution in [0.25, 0.3) is 11.0 Å². The number of hydrogen-bond donors (Lipinski definition) is 1. The third-order valence-electron chi connectivity index (χ3n) is 4.04. The van der Waals surface area contributed by atoms with Crippen molar-refractivity contribution in [2.45, 2.75) is 52.1 Å². The van der Waals surface area contributed by atoms with Crippen LogP contribution in [0, 0.1) is 0 Å². The topological polar surface area (TPSA) is 62.3 Å². The molecule has 1 heterocycles. The molecule has 1 aromatic heterocycles. The number of hydrogen-bond acceptors (Lipinski definition) is 4. The Balaban J connectivity index is 2.54. The van der Waals surface area contributed by atoms with Crippen molar-refractivity contribution >= 4 is 11.0 Å². The van der Waals surface area contributed by atoms with Crippen molar-refractivity contribution < 1.29 is 9.47 Å². The highest BCUT2D eigenvalue weighted by Crippen LogP contribution is 2.33. The zero-order chi connectivity index (χ0) is 16.1. The highest BCUT2D eigenvalue weighted by Gasteiger charge is 2.18. The molecule has 0 fully saturated rings. The fourth-order valence-corrected chi connectivity index (χ4v) is 2.69. The minimum Gasteiger partial charge on any atom is -0.493 e. The maximum atomic E-state index is 6.26. The van der Waals surface area contributed by atoms with Crippen LogP contribution < -0.4 is 15.2 Å². The molecule has 2 rings (SSSR count). The standard InChI is InChI=1S/C17H27N3O2/c1-5-7-8-9-20-14-11-16(22-4)15(21-3)10-13(14)19-17(20)12(18)6-2/h10-12H,5-9,18H2,1-4H3. The number of imidazole rings is 1. The fraction of sp³-hybridized carbons (Fsp3) is 0.588. The zero-order valence-electron chi connectivity index (χ0n) is 14.1. The molecule has 0 radical (unpaired) electrons. The second kappa shape index (κ2) is 7.49. The average Bonchev–Trinajstić information content (AvgIpc) is 2.90. The minimum absolute atomic E-state index is 0.0500. The highest BCUT2D eigenvalue weighted by molar-refractivity contribution is 5.80. The van der Waals surface area contributed by atoms with Gasteiger partial charge in [0.25, 0.3) is 0 Å². The number of rotatable bonds is 8. The molecule has 2 aromatic rings. The molecular formula is C17H27N3O2. The first-order valence-electron chi connectivity index (χ1n) is 8.03. The summed E-state index contributed by atoms with van der Waals surface area (Å²) in [6.45, 7) is 5.23. The summed E-state index contributed by atoms with van der Waals surface area (Å²) in [5.74, 6) is 2.37. The van der Waals surface area contributed by atoms with Gasteiger partial charge in [-0.3, -0.25) is 0 Å². The lowest BCUT2D eigenvalue weighted by Crippen LogP contribution is -2.16. The molecule has 1 unspecified atom stereocenters. The summed E-state index contributed by atoms with van der Waals surface area (Å²) >= 11 is 0. The molecule has 0 aliphatic heterocycles. The summed E-state index contributed by atoms with van der Waals surface area (Å²) in [6.07, 6.45) is 4.39. The molecule has 5 nitrogen and oxygen atoms in total. The van der Waals surface area contributed by atoms with Gasteiger partial charge in [0.2, 0.25) is 0 Å². The molecule has 0 saturated carbocycles. The fourth-order valence-electron chi connectivity index (χ4n) is 2.69. The molecule has 122 valence electrons. The Morgan fingerprint density at radius 3 is 2.41 bits per heavy atom. The molecule has 0 bridgehead atoms. The Hall–Kier alpha value is -1.75. The third kappa shape index (κ3) is 3.19. The monoisotopic (exact) mass is 305 g/mol. The van der Waals surface area contributed by atoms with Crippen LogP contribution in [-0.4, -0.2) is 23.8 Å². The van der Waals surface area contributed by atoms with E-state index in [1.54, 1.807) is 14.2 Å². The van der Waals surface area contributed by atoms with Crippen LogP contribution >= 0.6 is 0 Å². The molecule has 0 aliphatic carbocycles. The molecule has 0 aliphatic rings. The number of methoxy groups -OCH3 is 2. The predicted molar refractivity (Wildman–Crippen MR) is 89.6 cm³/mol. The highest BCUT2D eigenvalue weighted by atomic mass is 16.5. The molecule has 5 heteroatoms. The Morgan fingerprint density at radius 2 is 1.82 bits per heavy atom. The van der Waals surface area contributed by atoms with E-state index in [1.807, 2.05) is 12.1 Å². The lowest BCUT2D eigenvalue weighted by atomic mass is 10.2. The van der Waals surface area contributed by atoms with Crippen LogP contribution in [-0.2, 0) is 6.54 Å². The lowest BCUT2D eigenvalue weighted by Gasteiger charge is -2.13. The first-order valence-corrected chi connectivity index (χ1v) is 8.03. The minimum atomic E-state index is -0.0500. The lowest BCUT2D eigenvalue weighted by molar-refractivity contribution is 0.355. The van der Waals surface area contributed by atoms with Gasteiger partial charge in [0.05, 0.1) is 31.3 Å². The van der Waals surface area contributed by atoms with Crippen molar-refractivity contribution in [1.29, 1.82) is 0 Å². The van der Waals surface area contributed by atoms with Crippen LogP contribution in [0.15, 0.2) is 12.1 Å². The van der Waals surface area contributed by atoms with E-state index in [4.69, 9.17) is 20.2 Å². The largest absolute Gasteiger partial charge is 0.493 e. The van der Waals surface area contributed by atoms with E-state index in [2.05, 4.69) is 18.4 Å². The van der Waals surface area contributed by atoms with E-state index in [-0.39, 0.29) is 6.04 Å². The van der Waals surface area contributed by atoms with Crippen molar-refractivity contribution in [2.75, 3.05) is 14.2 Å². The van der Waals surface area contributed by atoms with Gasteiger partial charge < -0.3 is 19.8 Å². The smallest absolute Gasteiger partial charge is 0.163 e. The molecule has 1 aromatic carbocycles. The summed E-state index contributed by atoms with van der Waals surface area (Å²) in [5.41, 5.74) is 8.23. The Bertz CT molecular complexity index is 622. The summed E-state index contributed by atoms with van der Waals surface area (Å²) in [6, 6.07) is 3.88. The van der Waals surface area contributed by atoms with Gasteiger partial charge in [0.15, 0.2) is 11.5 Å². The molecule has 0 amide bonds. The summed E-state index contributed by atoms with van der Waals surface area (Å²) < 4.78 is 13.0. The Morgan fingerprint density at radius 1 is 1.14 bits per heavy atom. The number of nitrogens with zero attached hydrogens (tertiary/aromatic N) is 2. The number of fused-ring (bicyclic) bond motifs is 1. The average molecular weight is 305 g/mol. The van der Waals surface area contributed by atoms with Crippen LogP contribution in [0.5, 0.6) is 11.5 Å². The van der Waals surface area contributed by atoms with E-state index in [1.165, 1.54) is 12.8 Å². The number of aryl methyl sites for hydroxylation is 1. The van der Waals surface area contributed by atoms with Crippen LogP contribution in [0.4, 0.5) is 0 Å². The first-order chi connectivity index (χ1) is 10.7. The van der Waals surface area contributed by atoms with Crippen LogP contribution in [0.2, 0.25) is 0 Å². The molecule has 22 heavy (non-hydrogen) atoms. The summed E-state index contributed by atoms with van der Waals surface area (Å²) in [7, 11) is 3.29. The van der Waals surface area contributed by atoms with Crippen LogP contribution in [0.1, 0.15) is 51.4 Å². The third-order valence-corrected chi connectivity index (χ3v) is 4.04. The number of aromatic nitrogens is 2.